The van der Waals surface area contributed by atoms with Crippen molar-refractivity contribution in [1.82, 2.24) is 0 Å². The number of nitrogens with zero attached hydrogens (tertiary/aromatic N) is 1. The molecule has 0 radical (unpaired) electrons. The molecule has 0 bridgehead atoms. The molecule has 0 aromatic heterocycles. The van der Waals surface area contributed by atoms with Gasteiger partial charge < -0.3 is 0 Å². The molecule has 2 rings (SSSR count). The van der Waals surface area contributed by atoms with E-state index in [1.54, 1.807) is 0 Å². The predicted octanol–water partition coefficient (Wildman–Crippen LogP) is 5.70. The second-order valence-corrected chi connectivity index (χ2v) is 5.40. The van der Waals surface area contributed by atoms with E-state index >= 15 is 0 Å². The van der Waals surface area contributed by atoms with Gasteiger partial charge in [-0.2, -0.15) is 0 Å². The molecule has 0 aliphatic rings. The monoisotopic (exact) mass is 277 g/mol. The van der Waals surface area contributed by atoms with Crippen LogP contribution in [0.25, 0.3) is 11.1 Å². The Morgan fingerprint density at radius 2 is 1.81 bits per heavy atom. The molecule has 2 aromatic rings. The summed E-state index contributed by atoms with van der Waals surface area (Å²) in [4.78, 5) is 4.54. The quantitative estimate of drug-likeness (QED) is 0.635. The van der Waals surface area contributed by atoms with Crippen molar-refractivity contribution in [1.29, 1.82) is 0 Å². The molecule has 0 fully saturated rings. The van der Waals surface area contributed by atoms with Gasteiger partial charge in [0.1, 0.15) is 0 Å². The Kier molecular flexibility index (Phi) is 5.10. The lowest BCUT2D eigenvalue weighted by molar-refractivity contribution is 1.16. The van der Waals surface area contributed by atoms with Crippen molar-refractivity contribution >= 4 is 6.21 Å². The Morgan fingerprint density at radius 1 is 1.05 bits per heavy atom. The molecule has 21 heavy (non-hydrogen) atoms. The highest BCUT2D eigenvalue weighted by atomic mass is 14.7. The summed E-state index contributed by atoms with van der Waals surface area (Å²) in [6.07, 6.45) is 5.13. The zero-order valence-corrected chi connectivity index (χ0v) is 13.4. The van der Waals surface area contributed by atoms with Gasteiger partial charge in [-0.1, -0.05) is 49.4 Å². The number of hydrogen-bond acceptors (Lipinski definition) is 1. The Hall–Kier alpha value is -2.15. The summed E-state index contributed by atoms with van der Waals surface area (Å²) in [7, 11) is 0. The van der Waals surface area contributed by atoms with Crippen LogP contribution in [0, 0.1) is 13.8 Å². The first kappa shape index (κ1) is 15.2. The lowest BCUT2D eigenvalue weighted by Crippen LogP contribution is -1.90. The van der Waals surface area contributed by atoms with Crippen LogP contribution in [-0.4, -0.2) is 6.21 Å². The van der Waals surface area contributed by atoms with Crippen molar-refractivity contribution in [2.45, 2.75) is 34.1 Å². The second kappa shape index (κ2) is 7.03. The Labute approximate surface area is 128 Å². The third-order valence-corrected chi connectivity index (χ3v) is 3.64. The van der Waals surface area contributed by atoms with Crippen LogP contribution >= 0.6 is 0 Å². The topological polar surface area (TPSA) is 12.4 Å². The molecule has 1 nitrogen and oxygen atoms in total. The Morgan fingerprint density at radius 3 is 2.52 bits per heavy atom. The van der Waals surface area contributed by atoms with E-state index in [2.05, 4.69) is 74.3 Å². The molecule has 0 amide bonds. The third-order valence-electron chi connectivity index (χ3n) is 3.64. The van der Waals surface area contributed by atoms with E-state index in [0.29, 0.717) is 0 Å². The summed E-state index contributed by atoms with van der Waals surface area (Å²) in [5.41, 5.74) is 7.33. The first-order valence-electron chi connectivity index (χ1n) is 7.49. The van der Waals surface area contributed by atoms with Gasteiger partial charge in [-0.05, 0) is 61.1 Å². The Bertz CT molecular complexity index is 678. The molecule has 0 atom stereocenters. The van der Waals surface area contributed by atoms with Crippen LogP contribution in [-0.2, 0) is 0 Å². The molecule has 0 aliphatic carbocycles. The van der Waals surface area contributed by atoms with Crippen molar-refractivity contribution < 1.29 is 0 Å². The van der Waals surface area contributed by atoms with Gasteiger partial charge in [0.25, 0.3) is 0 Å². The average Bonchev–Trinajstić information content (AvgIpc) is 2.47. The molecule has 0 N–H and O–H groups in total. The minimum atomic E-state index is 1.02. The van der Waals surface area contributed by atoms with Crippen LogP contribution in [0.1, 0.15) is 37.0 Å². The number of aryl methyl sites for hydroxylation is 2. The fourth-order valence-electron chi connectivity index (χ4n) is 2.36. The normalized spacial score (nSPS) is 12.1. The van der Waals surface area contributed by atoms with E-state index in [0.717, 1.165) is 12.1 Å². The predicted molar refractivity (Wildman–Crippen MR) is 93.0 cm³/mol. The van der Waals surface area contributed by atoms with Crippen molar-refractivity contribution in [2.24, 2.45) is 4.99 Å². The van der Waals surface area contributed by atoms with E-state index in [4.69, 9.17) is 0 Å². The van der Waals surface area contributed by atoms with Gasteiger partial charge in [0.15, 0.2) is 0 Å². The first-order valence-corrected chi connectivity index (χ1v) is 7.49. The largest absolute Gasteiger partial charge is 0.261 e. The number of allylic oxidation sites excluding steroid dienone is 2. The van der Waals surface area contributed by atoms with Gasteiger partial charge in [0.05, 0.1) is 0 Å². The summed E-state index contributed by atoms with van der Waals surface area (Å²) in [5, 5.41) is 0. The zero-order chi connectivity index (χ0) is 15.2. The minimum absolute atomic E-state index is 1.02. The molecule has 0 aliphatic heterocycles. The molecule has 0 saturated heterocycles. The fraction of sp³-hybridized carbons (Fsp3) is 0.250. The van der Waals surface area contributed by atoms with Gasteiger partial charge in [-0.3, -0.25) is 4.99 Å². The smallest absolute Gasteiger partial charge is 0.0346 e. The second-order valence-electron chi connectivity index (χ2n) is 5.40. The highest BCUT2D eigenvalue weighted by Crippen LogP contribution is 2.25. The van der Waals surface area contributed by atoms with Crippen LogP contribution in [0.3, 0.4) is 0 Å². The molecule has 1 heteroatoms. The SMILES string of the molecule is CC/C=C(C)/N=C\c1cc(-c2ccccc2C)ccc1C. The highest BCUT2D eigenvalue weighted by molar-refractivity contribution is 5.85. The average molecular weight is 277 g/mol. The van der Waals surface area contributed by atoms with E-state index in [9.17, 15) is 0 Å². The van der Waals surface area contributed by atoms with Gasteiger partial charge in [-0.15, -0.1) is 0 Å². The fourth-order valence-corrected chi connectivity index (χ4v) is 2.36. The van der Waals surface area contributed by atoms with Crippen LogP contribution < -0.4 is 0 Å². The van der Waals surface area contributed by atoms with Gasteiger partial charge in [0, 0.05) is 11.9 Å². The van der Waals surface area contributed by atoms with Crippen molar-refractivity contribution in [2.75, 3.05) is 0 Å². The molecular weight excluding hydrogens is 254 g/mol. The molecule has 108 valence electrons. The maximum absolute atomic E-state index is 4.54. The molecular formula is C20H23N. The number of hydrogen-bond donors (Lipinski definition) is 0. The standard InChI is InChI=1S/C20H23N/c1-5-8-17(4)21-14-19-13-18(12-11-15(19)2)20-10-7-6-9-16(20)3/h6-14H,5H2,1-4H3/b17-8+,21-14-. The summed E-state index contributed by atoms with van der Waals surface area (Å²) >= 11 is 0. The maximum atomic E-state index is 4.54. The summed E-state index contributed by atoms with van der Waals surface area (Å²) in [5.74, 6) is 0. The van der Waals surface area contributed by atoms with Crippen molar-refractivity contribution in [3.05, 3.63) is 70.9 Å². The van der Waals surface area contributed by atoms with Crippen LogP contribution in [0.15, 0.2) is 59.2 Å². The lowest BCUT2D eigenvalue weighted by atomic mass is 9.97. The molecule has 2 aromatic carbocycles. The number of benzene rings is 2. The van der Waals surface area contributed by atoms with E-state index in [-0.39, 0.29) is 0 Å². The van der Waals surface area contributed by atoms with Gasteiger partial charge in [0.2, 0.25) is 0 Å². The van der Waals surface area contributed by atoms with Gasteiger partial charge in [-0.25, -0.2) is 0 Å². The number of rotatable bonds is 4. The van der Waals surface area contributed by atoms with E-state index in [1.807, 2.05) is 13.1 Å². The lowest BCUT2D eigenvalue weighted by Gasteiger charge is -2.08. The zero-order valence-electron chi connectivity index (χ0n) is 13.4. The van der Waals surface area contributed by atoms with E-state index < -0.39 is 0 Å². The third kappa shape index (κ3) is 3.91. The Balaban J connectivity index is 2.39. The minimum Gasteiger partial charge on any atom is -0.261 e. The molecule has 0 spiro atoms. The summed E-state index contributed by atoms with van der Waals surface area (Å²) in [6, 6.07) is 15.1. The maximum Gasteiger partial charge on any atom is 0.0346 e. The number of aliphatic imine (C=N–C) groups is 1. The van der Waals surface area contributed by atoms with Crippen LogP contribution in [0.4, 0.5) is 0 Å². The van der Waals surface area contributed by atoms with E-state index in [1.165, 1.54) is 27.8 Å². The first-order chi connectivity index (χ1) is 10.1. The van der Waals surface area contributed by atoms with Crippen LogP contribution in [0.5, 0.6) is 0 Å². The molecule has 0 saturated carbocycles. The highest BCUT2D eigenvalue weighted by Gasteiger charge is 2.03. The summed E-state index contributed by atoms with van der Waals surface area (Å²) < 4.78 is 0. The molecule has 0 heterocycles. The van der Waals surface area contributed by atoms with Crippen molar-refractivity contribution in [3.63, 3.8) is 0 Å². The van der Waals surface area contributed by atoms with Crippen molar-refractivity contribution in [3.8, 4) is 11.1 Å². The summed E-state index contributed by atoms with van der Waals surface area (Å²) in [6.45, 7) is 8.45. The van der Waals surface area contributed by atoms with Gasteiger partial charge >= 0.3 is 0 Å². The molecule has 0 unspecified atom stereocenters. The van der Waals surface area contributed by atoms with Crippen LogP contribution in [0.2, 0.25) is 0 Å².